The minimum Gasteiger partial charge on any atom is -0.493 e. The van der Waals surface area contributed by atoms with Crippen LogP contribution in [-0.2, 0) is 0 Å². The zero-order valence-corrected chi connectivity index (χ0v) is 10.4. The van der Waals surface area contributed by atoms with Crippen molar-refractivity contribution in [1.29, 1.82) is 5.26 Å². The number of benzene rings is 2. The summed E-state index contributed by atoms with van der Waals surface area (Å²) in [6.45, 7) is 1.25. The molecule has 0 saturated carbocycles. The largest absolute Gasteiger partial charge is 0.493 e. The van der Waals surface area contributed by atoms with E-state index >= 15 is 0 Å². The van der Waals surface area contributed by atoms with Gasteiger partial charge in [0.25, 0.3) is 0 Å². The van der Waals surface area contributed by atoms with Crippen molar-refractivity contribution < 1.29 is 9.47 Å². The predicted octanol–water partition coefficient (Wildman–Crippen LogP) is 3.11. The molecule has 0 amide bonds. The van der Waals surface area contributed by atoms with Crippen molar-refractivity contribution >= 4 is 0 Å². The average Bonchev–Trinajstić information content (AvgIpc) is 2.89. The average molecular weight is 251 g/mol. The highest BCUT2D eigenvalue weighted by Gasteiger charge is 2.24. The molecule has 2 aromatic carbocycles. The van der Waals surface area contributed by atoms with Crippen LogP contribution in [0.1, 0.15) is 17.0 Å². The number of nitriles is 1. The second-order valence-electron chi connectivity index (χ2n) is 4.49. The Labute approximate surface area is 112 Å². The van der Waals surface area contributed by atoms with Crippen molar-refractivity contribution in [2.24, 2.45) is 0 Å². The lowest BCUT2D eigenvalue weighted by atomic mass is 10.0. The zero-order chi connectivity index (χ0) is 13.1. The van der Waals surface area contributed by atoms with Gasteiger partial charge in [0.05, 0.1) is 30.8 Å². The molecule has 0 bridgehead atoms. The number of rotatable bonds is 3. The van der Waals surface area contributed by atoms with Gasteiger partial charge in [-0.15, -0.1) is 0 Å². The number of fused-ring (bicyclic) bond motifs is 1. The molecule has 1 heterocycles. The number of nitrogens with zero attached hydrogens (tertiary/aromatic N) is 1. The monoisotopic (exact) mass is 251 g/mol. The van der Waals surface area contributed by atoms with Crippen LogP contribution in [0.15, 0.2) is 48.5 Å². The lowest BCUT2D eigenvalue weighted by molar-refractivity contribution is 0.248. The van der Waals surface area contributed by atoms with Crippen LogP contribution in [0.3, 0.4) is 0 Å². The second-order valence-corrected chi connectivity index (χ2v) is 4.49. The molecule has 0 aromatic heterocycles. The first-order chi connectivity index (χ1) is 9.36. The van der Waals surface area contributed by atoms with Crippen molar-refractivity contribution in [2.75, 3.05) is 13.2 Å². The number of hydrogen-bond acceptors (Lipinski definition) is 3. The van der Waals surface area contributed by atoms with Crippen molar-refractivity contribution in [1.82, 2.24) is 0 Å². The van der Waals surface area contributed by atoms with Gasteiger partial charge in [-0.3, -0.25) is 0 Å². The normalized spacial score (nSPS) is 16.3. The minimum atomic E-state index is 0.270. The van der Waals surface area contributed by atoms with Crippen molar-refractivity contribution in [3.05, 3.63) is 59.7 Å². The molecule has 0 radical (unpaired) electrons. The summed E-state index contributed by atoms with van der Waals surface area (Å²) in [7, 11) is 0. The van der Waals surface area contributed by atoms with E-state index in [1.165, 1.54) is 5.56 Å². The summed E-state index contributed by atoms with van der Waals surface area (Å²) in [6, 6.07) is 17.3. The maximum atomic E-state index is 8.73. The van der Waals surface area contributed by atoms with E-state index in [2.05, 4.69) is 12.1 Å². The van der Waals surface area contributed by atoms with Crippen molar-refractivity contribution in [2.45, 2.75) is 5.92 Å². The summed E-state index contributed by atoms with van der Waals surface area (Å²) >= 11 is 0. The minimum absolute atomic E-state index is 0.270. The van der Waals surface area contributed by atoms with Gasteiger partial charge in [-0.1, -0.05) is 18.2 Å². The highest BCUT2D eigenvalue weighted by Crippen LogP contribution is 2.33. The van der Waals surface area contributed by atoms with Gasteiger partial charge in [0.1, 0.15) is 11.5 Å². The lowest BCUT2D eigenvalue weighted by Gasteiger charge is -2.11. The standard InChI is InChI=1S/C16H13NO2/c17-9-12-5-7-14(8-6-12)18-10-13-11-19-16-4-2-1-3-15(13)16/h1-8,13H,10-11H2. The fourth-order valence-corrected chi connectivity index (χ4v) is 2.19. The van der Waals surface area contributed by atoms with Gasteiger partial charge in [0.2, 0.25) is 0 Å². The summed E-state index contributed by atoms with van der Waals surface area (Å²) in [4.78, 5) is 0. The van der Waals surface area contributed by atoms with Gasteiger partial charge in [-0.25, -0.2) is 0 Å². The summed E-state index contributed by atoms with van der Waals surface area (Å²) in [5.74, 6) is 2.01. The van der Waals surface area contributed by atoms with Crippen molar-refractivity contribution in [3.63, 3.8) is 0 Å². The first-order valence-corrected chi connectivity index (χ1v) is 6.21. The maximum absolute atomic E-state index is 8.73. The first-order valence-electron chi connectivity index (χ1n) is 6.21. The number of para-hydroxylation sites is 1. The molecule has 19 heavy (non-hydrogen) atoms. The third kappa shape index (κ3) is 2.38. The highest BCUT2D eigenvalue weighted by atomic mass is 16.5. The zero-order valence-electron chi connectivity index (χ0n) is 10.4. The van der Waals surface area contributed by atoms with Crippen LogP contribution in [0.2, 0.25) is 0 Å². The first kappa shape index (κ1) is 11.6. The smallest absolute Gasteiger partial charge is 0.123 e. The molecule has 0 aliphatic carbocycles. The second kappa shape index (κ2) is 5.03. The Morgan fingerprint density at radius 1 is 1.16 bits per heavy atom. The van der Waals surface area contributed by atoms with Crippen LogP contribution >= 0.6 is 0 Å². The Bertz CT molecular complexity index is 613. The molecule has 2 aromatic rings. The van der Waals surface area contributed by atoms with E-state index in [1.54, 1.807) is 12.1 Å². The number of ether oxygens (including phenoxy) is 2. The fourth-order valence-electron chi connectivity index (χ4n) is 2.19. The molecule has 0 fully saturated rings. The molecule has 3 heteroatoms. The quantitative estimate of drug-likeness (QED) is 0.841. The van der Waals surface area contributed by atoms with Gasteiger partial charge in [-0.05, 0) is 30.3 Å². The summed E-state index contributed by atoms with van der Waals surface area (Å²) in [6.07, 6.45) is 0. The van der Waals surface area contributed by atoms with E-state index in [9.17, 15) is 0 Å². The van der Waals surface area contributed by atoms with Crippen LogP contribution in [0.5, 0.6) is 11.5 Å². The highest BCUT2D eigenvalue weighted by molar-refractivity contribution is 5.40. The van der Waals surface area contributed by atoms with E-state index in [0.29, 0.717) is 18.8 Å². The van der Waals surface area contributed by atoms with Gasteiger partial charge in [0.15, 0.2) is 0 Å². The molecule has 0 saturated heterocycles. The third-order valence-electron chi connectivity index (χ3n) is 3.23. The molecule has 1 aliphatic rings. The van der Waals surface area contributed by atoms with E-state index in [4.69, 9.17) is 14.7 Å². The SMILES string of the molecule is N#Cc1ccc(OCC2COc3ccccc32)cc1. The molecular formula is C16H13NO2. The third-order valence-corrected chi connectivity index (χ3v) is 3.23. The molecule has 0 spiro atoms. The Hall–Kier alpha value is -2.47. The Balaban J connectivity index is 1.66. The molecule has 1 unspecified atom stereocenters. The van der Waals surface area contributed by atoms with Crippen LogP contribution in [0, 0.1) is 11.3 Å². The molecule has 3 rings (SSSR count). The molecule has 1 atom stereocenters. The van der Waals surface area contributed by atoms with Crippen LogP contribution in [0.25, 0.3) is 0 Å². The van der Waals surface area contributed by atoms with E-state index in [1.807, 2.05) is 30.3 Å². The summed E-state index contributed by atoms with van der Waals surface area (Å²) in [5, 5.41) is 8.73. The molecular weight excluding hydrogens is 238 g/mol. The Kier molecular flexibility index (Phi) is 3.07. The summed E-state index contributed by atoms with van der Waals surface area (Å²) < 4.78 is 11.4. The predicted molar refractivity (Wildman–Crippen MR) is 71.3 cm³/mol. The van der Waals surface area contributed by atoms with Gasteiger partial charge in [0, 0.05) is 5.56 Å². The Morgan fingerprint density at radius 2 is 1.95 bits per heavy atom. The molecule has 1 aliphatic heterocycles. The lowest BCUT2D eigenvalue weighted by Crippen LogP contribution is -2.11. The number of hydrogen-bond donors (Lipinski definition) is 0. The molecule has 94 valence electrons. The van der Waals surface area contributed by atoms with E-state index < -0.39 is 0 Å². The van der Waals surface area contributed by atoms with E-state index in [0.717, 1.165) is 11.5 Å². The van der Waals surface area contributed by atoms with Crippen molar-refractivity contribution in [3.8, 4) is 17.6 Å². The van der Waals surface area contributed by atoms with Crippen LogP contribution in [0.4, 0.5) is 0 Å². The van der Waals surface area contributed by atoms with E-state index in [-0.39, 0.29) is 5.92 Å². The van der Waals surface area contributed by atoms with Gasteiger partial charge < -0.3 is 9.47 Å². The van der Waals surface area contributed by atoms with Gasteiger partial charge in [-0.2, -0.15) is 5.26 Å². The van der Waals surface area contributed by atoms with Crippen LogP contribution < -0.4 is 9.47 Å². The van der Waals surface area contributed by atoms with Crippen LogP contribution in [-0.4, -0.2) is 13.2 Å². The summed E-state index contributed by atoms with van der Waals surface area (Å²) in [5.41, 5.74) is 1.85. The molecule has 3 nitrogen and oxygen atoms in total. The topological polar surface area (TPSA) is 42.2 Å². The maximum Gasteiger partial charge on any atom is 0.123 e. The van der Waals surface area contributed by atoms with Gasteiger partial charge >= 0.3 is 0 Å². The Morgan fingerprint density at radius 3 is 2.74 bits per heavy atom. The fraction of sp³-hybridized carbons (Fsp3) is 0.188. The molecule has 0 N–H and O–H groups in total.